The lowest BCUT2D eigenvalue weighted by Crippen LogP contribution is -2.53. The van der Waals surface area contributed by atoms with E-state index in [0.717, 1.165) is 17.2 Å². The summed E-state index contributed by atoms with van der Waals surface area (Å²) in [6.45, 7) is 15.4. The summed E-state index contributed by atoms with van der Waals surface area (Å²) in [5.41, 5.74) is 2.84. The molecule has 1 heterocycles. The van der Waals surface area contributed by atoms with Crippen LogP contribution in [0.15, 0.2) is 29.3 Å². The van der Waals surface area contributed by atoms with Crippen LogP contribution < -0.4 is 5.30 Å². The lowest BCUT2D eigenvalue weighted by atomic mass is 9.73. The molecule has 0 N–H and O–H groups in total. The molecule has 0 radical (unpaired) electrons. The highest BCUT2D eigenvalue weighted by molar-refractivity contribution is 7.67. The minimum atomic E-state index is -0.271. The molecule has 2 atom stereocenters. The van der Waals surface area contributed by atoms with Gasteiger partial charge in [-0.1, -0.05) is 112 Å². The van der Waals surface area contributed by atoms with Crippen molar-refractivity contribution in [2.75, 3.05) is 0 Å². The van der Waals surface area contributed by atoms with Crippen molar-refractivity contribution < 1.29 is 4.79 Å². The highest BCUT2D eigenvalue weighted by Crippen LogP contribution is 2.56. The first-order valence-electron chi connectivity index (χ1n) is 14.3. The van der Waals surface area contributed by atoms with Crippen LogP contribution in [-0.4, -0.2) is 40.0 Å². The predicted octanol–water partition coefficient (Wildman–Crippen LogP) is 7.90. The molecular formula is C31H49N2OP. The second kappa shape index (κ2) is 10.6. The Hall–Kier alpha value is -1.21. The number of carbonyl (C=O) groups excluding carboxylic acids is 1. The highest BCUT2D eigenvalue weighted by Gasteiger charge is 2.50. The number of aliphatic imine (C=N–C) groups is 1. The van der Waals surface area contributed by atoms with Gasteiger partial charge in [-0.15, -0.1) is 0 Å². The molecule has 4 rings (SSSR count). The zero-order chi connectivity index (χ0) is 25.4. The molecule has 2 fully saturated rings. The van der Waals surface area contributed by atoms with Crippen LogP contribution in [0.25, 0.3) is 0 Å². The molecule has 0 unspecified atom stereocenters. The van der Waals surface area contributed by atoms with Gasteiger partial charge >= 0.3 is 0 Å². The summed E-state index contributed by atoms with van der Waals surface area (Å²) in [7, 11) is -0.271. The first kappa shape index (κ1) is 26.8. The Morgan fingerprint density at radius 2 is 1.34 bits per heavy atom. The van der Waals surface area contributed by atoms with E-state index in [1.54, 1.807) is 6.92 Å². The molecule has 1 aromatic rings. The highest BCUT2D eigenvalue weighted by atomic mass is 31.1. The van der Waals surface area contributed by atoms with E-state index in [2.05, 4.69) is 70.7 Å². The summed E-state index contributed by atoms with van der Waals surface area (Å²) in [6, 6.07) is 9.28. The number of hydrogen-bond donors (Lipinski definition) is 0. The van der Waals surface area contributed by atoms with Gasteiger partial charge in [-0.2, -0.15) is 0 Å². The van der Waals surface area contributed by atoms with Gasteiger partial charge in [0.05, 0.1) is 12.1 Å². The number of carbonyl (C=O) groups is 1. The van der Waals surface area contributed by atoms with E-state index in [1.807, 2.05) is 0 Å². The fraction of sp³-hybridized carbons (Fsp3) is 0.742. The summed E-state index contributed by atoms with van der Waals surface area (Å²) in [5.74, 6) is 1.08. The van der Waals surface area contributed by atoms with Crippen molar-refractivity contribution in [3.05, 3.63) is 29.8 Å². The Kier molecular flexibility index (Phi) is 8.16. The van der Waals surface area contributed by atoms with Gasteiger partial charge in [-0.25, -0.2) is 0 Å². The standard InChI is InChI=1S/C31H49N2OP/c1-22(34)33-28(31(5,6)7)27(30(2,3)4)32-29(33)25-20-14-15-21-26(25)35(23-16-10-8-11-17-23)24-18-12-9-13-19-24/h14-15,20-21,23-24,27-28H,8-13,16-19H2,1-7H3/t27-,28-/m0/s1. The van der Waals surface area contributed by atoms with E-state index in [4.69, 9.17) is 4.99 Å². The molecule has 4 heteroatoms. The maximum Gasteiger partial charge on any atom is 0.225 e. The Balaban J connectivity index is 1.84. The van der Waals surface area contributed by atoms with Gasteiger partial charge in [0.25, 0.3) is 0 Å². The molecule has 1 aromatic carbocycles. The van der Waals surface area contributed by atoms with Crippen LogP contribution in [0.3, 0.4) is 0 Å². The number of nitrogens with zero attached hydrogens (tertiary/aromatic N) is 2. The SMILES string of the molecule is CC(=O)N1C(c2ccccc2P(C2CCCCC2)C2CCCCC2)=N[C@H](C(C)(C)C)[C@H]1C(C)(C)C. The zero-order valence-corrected chi connectivity index (χ0v) is 24.3. The number of amides is 1. The smallest absolute Gasteiger partial charge is 0.225 e. The van der Waals surface area contributed by atoms with Gasteiger partial charge in [0.15, 0.2) is 0 Å². The van der Waals surface area contributed by atoms with Crippen LogP contribution in [0.2, 0.25) is 0 Å². The molecule has 0 aromatic heterocycles. The lowest BCUT2D eigenvalue weighted by molar-refractivity contribution is -0.128. The van der Waals surface area contributed by atoms with Gasteiger partial charge in [0, 0.05) is 12.5 Å². The Bertz CT molecular complexity index is 895. The summed E-state index contributed by atoms with van der Waals surface area (Å²) < 4.78 is 0. The molecule has 0 bridgehead atoms. The van der Waals surface area contributed by atoms with Crippen molar-refractivity contribution in [3.8, 4) is 0 Å². The molecule has 194 valence electrons. The average Bonchev–Trinajstić information content (AvgIpc) is 3.23. The molecule has 3 aliphatic rings. The van der Waals surface area contributed by atoms with Crippen LogP contribution in [0, 0.1) is 10.8 Å². The monoisotopic (exact) mass is 496 g/mol. The van der Waals surface area contributed by atoms with E-state index in [1.165, 1.54) is 75.1 Å². The first-order valence-corrected chi connectivity index (χ1v) is 15.7. The summed E-state index contributed by atoms with van der Waals surface area (Å²) in [4.78, 5) is 20.8. The fourth-order valence-electron chi connectivity index (χ4n) is 6.91. The number of hydrogen-bond acceptors (Lipinski definition) is 2. The van der Waals surface area contributed by atoms with Crippen molar-refractivity contribution in [2.24, 2.45) is 15.8 Å². The van der Waals surface area contributed by atoms with Gasteiger partial charge in [0.1, 0.15) is 5.84 Å². The Morgan fingerprint density at radius 3 is 1.80 bits per heavy atom. The average molecular weight is 497 g/mol. The number of rotatable bonds is 4. The molecule has 0 spiro atoms. The van der Waals surface area contributed by atoms with Crippen LogP contribution >= 0.6 is 7.92 Å². The number of amidine groups is 1. The van der Waals surface area contributed by atoms with Crippen LogP contribution in [0.1, 0.15) is 118 Å². The normalized spacial score (nSPS) is 25.3. The van der Waals surface area contributed by atoms with Crippen LogP contribution in [0.4, 0.5) is 0 Å². The third-order valence-corrected chi connectivity index (χ3v) is 12.1. The van der Waals surface area contributed by atoms with Gasteiger partial charge in [0.2, 0.25) is 5.91 Å². The lowest BCUT2D eigenvalue weighted by Gasteiger charge is -2.42. The fourth-order valence-corrected chi connectivity index (χ4v) is 10.8. The molecule has 2 saturated carbocycles. The quantitative estimate of drug-likeness (QED) is 0.390. The number of benzene rings is 1. The van der Waals surface area contributed by atoms with E-state index >= 15 is 0 Å². The first-order chi connectivity index (χ1) is 16.5. The third-order valence-electron chi connectivity index (χ3n) is 8.54. The summed E-state index contributed by atoms with van der Waals surface area (Å²) in [6.07, 6.45) is 13.9. The second-order valence-electron chi connectivity index (χ2n) is 13.5. The van der Waals surface area contributed by atoms with E-state index < -0.39 is 0 Å². The van der Waals surface area contributed by atoms with Crippen molar-refractivity contribution in [3.63, 3.8) is 0 Å². The van der Waals surface area contributed by atoms with Crippen LogP contribution in [0.5, 0.6) is 0 Å². The molecule has 0 saturated heterocycles. The largest absolute Gasteiger partial charge is 0.291 e. The van der Waals surface area contributed by atoms with Crippen molar-refractivity contribution in [1.82, 2.24) is 4.90 Å². The van der Waals surface area contributed by atoms with Gasteiger partial charge in [-0.3, -0.25) is 14.7 Å². The molecule has 35 heavy (non-hydrogen) atoms. The van der Waals surface area contributed by atoms with Crippen molar-refractivity contribution in [1.29, 1.82) is 0 Å². The topological polar surface area (TPSA) is 32.7 Å². The van der Waals surface area contributed by atoms with Crippen molar-refractivity contribution >= 4 is 25.0 Å². The molecular weight excluding hydrogens is 447 g/mol. The van der Waals surface area contributed by atoms with Gasteiger partial charge in [-0.05, 0) is 53.1 Å². The summed E-state index contributed by atoms with van der Waals surface area (Å²) >= 11 is 0. The minimum Gasteiger partial charge on any atom is -0.291 e. The maximum absolute atomic E-state index is 13.3. The van der Waals surface area contributed by atoms with E-state index in [-0.39, 0.29) is 36.7 Å². The molecule has 1 amide bonds. The third kappa shape index (κ3) is 5.71. The Labute approximate surface area is 216 Å². The van der Waals surface area contributed by atoms with E-state index in [0.29, 0.717) is 0 Å². The van der Waals surface area contributed by atoms with E-state index in [9.17, 15) is 4.79 Å². The van der Waals surface area contributed by atoms with Gasteiger partial charge < -0.3 is 0 Å². The zero-order valence-electron chi connectivity index (χ0n) is 23.4. The summed E-state index contributed by atoms with van der Waals surface area (Å²) in [5, 5.41) is 1.54. The Morgan fingerprint density at radius 1 is 0.829 bits per heavy atom. The molecule has 3 nitrogen and oxygen atoms in total. The van der Waals surface area contributed by atoms with Crippen molar-refractivity contribution in [2.45, 2.75) is 136 Å². The minimum absolute atomic E-state index is 0.0141. The molecule has 1 aliphatic heterocycles. The molecule has 2 aliphatic carbocycles. The maximum atomic E-state index is 13.3. The van der Waals surface area contributed by atoms with Crippen LogP contribution in [-0.2, 0) is 4.79 Å². The second-order valence-corrected chi connectivity index (χ2v) is 16.2. The predicted molar refractivity (Wildman–Crippen MR) is 152 cm³/mol.